The molecule has 2 rings (SSSR count). The van der Waals surface area contributed by atoms with Crippen LogP contribution in [0.1, 0.15) is 5.56 Å². The van der Waals surface area contributed by atoms with Crippen LogP contribution >= 0.6 is 15.9 Å². The number of carbonyl (C=O) groups excluding carboxylic acids is 1. The molecule has 98 valence electrons. The molecule has 1 unspecified atom stereocenters. The van der Waals surface area contributed by atoms with Crippen molar-refractivity contribution < 1.29 is 14.6 Å². The Morgan fingerprint density at radius 3 is 3.06 bits per heavy atom. The molecule has 1 saturated heterocycles. The molecule has 3 N–H and O–H groups in total. The molecule has 1 aromatic carbocycles. The number of aliphatic hydroxyl groups excluding tert-OH is 1. The van der Waals surface area contributed by atoms with Crippen LogP contribution in [0, 0.1) is 0 Å². The van der Waals surface area contributed by atoms with Crippen LogP contribution in [0.25, 0.3) is 0 Å². The Labute approximate surface area is 114 Å². The van der Waals surface area contributed by atoms with E-state index in [2.05, 4.69) is 15.9 Å². The SMILES string of the molecule is NC(=O)C1COCCN1c1ccc(Br)cc1CO. The van der Waals surface area contributed by atoms with Crippen LogP contribution in [-0.4, -0.2) is 36.8 Å². The van der Waals surface area contributed by atoms with E-state index < -0.39 is 11.9 Å². The lowest BCUT2D eigenvalue weighted by Crippen LogP contribution is -2.53. The van der Waals surface area contributed by atoms with E-state index >= 15 is 0 Å². The number of amides is 1. The predicted molar refractivity (Wildman–Crippen MR) is 71.2 cm³/mol. The van der Waals surface area contributed by atoms with E-state index in [1.165, 1.54) is 0 Å². The fourth-order valence-electron chi connectivity index (χ4n) is 2.09. The number of nitrogens with zero attached hydrogens (tertiary/aromatic N) is 1. The maximum Gasteiger partial charge on any atom is 0.242 e. The Hall–Kier alpha value is -1.11. The van der Waals surface area contributed by atoms with Crippen molar-refractivity contribution in [1.29, 1.82) is 0 Å². The molecule has 1 amide bonds. The fourth-order valence-corrected chi connectivity index (χ4v) is 2.50. The van der Waals surface area contributed by atoms with Crippen molar-refractivity contribution in [3.63, 3.8) is 0 Å². The van der Waals surface area contributed by atoms with E-state index in [-0.39, 0.29) is 13.2 Å². The van der Waals surface area contributed by atoms with Gasteiger partial charge in [0.1, 0.15) is 6.04 Å². The van der Waals surface area contributed by atoms with Crippen molar-refractivity contribution in [2.45, 2.75) is 12.6 Å². The minimum Gasteiger partial charge on any atom is -0.392 e. The lowest BCUT2D eigenvalue weighted by Gasteiger charge is -2.36. The number of rotatable bonds is 3. The summed E-state index contributed by atoms with van der Waals surface area (Å²) in [6, 6.07) is 5.10. The van der Waals surface area contributed by atoms with Gasteiger partial charge in [-0.2, -0.15) is 0 Å². The van der Waals surface area contributed by atoms with E-state index in [1.807, 2.05) is 23.1 Å². The van der Waals surface area contributed by atoms with Gasteiger partial charge in [-0.15, -0.1) is 0 Å². The van der Waals surface area contributed by atoms with E-state index in [0.717, 1.165) is 15.7 Å². The molecule has 0 bridgehead atoms. The second kappa shape index (κ2) is 5.69. The van der Waals surface area contributed by atoms with Crippen molar-refractivity contribution in [2.24, 2.45) is 5.73 Å². The molecule has 1 atom stereocenters. The summed E-state index contributed by atoms with van der Waals surface area (Å²) in [7, 11) is 0. The highest BCUT2D eigenvalue weighted by atomic mass is 79.9. The highest BCUT2D eigenvalue weighted by Gasteiger charge is 2.29. The number of aliphatic hydroxyl groups is 1. The molecular weight excluding hydrogens is 300 g/mol. The van der Waals surface area contributed by atoms with Gasteiger partial charge in [-0.3, -0.25) is 4.79 Å². The molecule has 1 aliphatic rings. The summed E-state index contributed by atoms with van der Waals surface area (Å²) in [5, 5.41) is 9.40. The van der Waals surface area contributed by atoms with Gasteiger partial charge < -0.3 is 20.5 Å². The number of carbonyl (C=O) groups is 1. The van der Waals surface area contributed by atoms with E-state index in [9.17, 15) is 9.90 Å². The van der Waals surface area contributed by atoms with Gasteiger partial charge in [0.25, 0.3) is 0 Å². The molecule has 0 aliphatic carbocycles. The summed E-state index contributed by atoms with van der Waals surface area (Å²) in [5.74, 6) is -0.415. The summed E-state index contributed by atoms with van der Waals surface area (Å²) >= 11 is 3.36. The third-order valence-electron chi connectivity index (χ3n) is 2.98. The zero-order chi connectivity index (χ0) is 13.1. The van der Waals surface area contributed by atoms with Crippen LogP contribution in [0.2, 0.25) is 0 Å². The third kappa shape index (κ3) is 2.66. The minimum absolute atomic E-state index is 0.0857. The first-order valence-corrected chi connectivity index (χ1v) is 6.45. The fraction of sp³-hybridized carbons (Fsp3) is 0.417. The molecule has 1 fully saturated rings. The van der Waals surface area contributed by atoms with Gasteiger partial charge in [0.15, 0.2) is 0 Å². The Morgan fingerprint density at radius 2 is 2.39 bits per heavy atom. The summed E-state index contributed by atoms with van der Waals surface area (Å²) in [4.78, 5) is 13.3. The smallest absolute Gasteiger partial charge is 0.242 e. The van der Waals surface area contributed by atoms with Gasteiger partial charge in [-0.1, -0.05) is 15.9 Å². The van der Waals surface area contributed by atoms with Gasteiger partial charge in [0.2, 0.25) is 5.91 Å². The standard InChI is InChI=1S/C12H15BrN2O3/c13-9-1-2-10(8(5-9)6-16)15-3-4-18-7-11(15)12(14)17/h1-2,5,11,16H,3-4,6-7H2,(H2,14,17). The molecule has 1 aliphatic heterocycles. The first-order chi connectivity index (χ1) is 8.63. The second-order valence-corrected chi connectivity index (χ2v) is 5.03. The summed E-state index contributed by atoms with van der Waals surface area (Å²) in [6.07, 6.45) is 0. The minimum atomic E-state index is -0.481. The Bertz CT molecular complexity index is 453. The van der Waals surface area contributed by atoms with Crippen LogP contribution in [0.3, 0.4) is 0 Å². The Balaban J connectivity index is 2.36. The van der Waals surface area contributed by atoms with E-state index in [1.54, 1.807) is 0 Å². The van der Waals surface area contributed by atoms with Crippen LogP contribution in [0.15, 0.2) is 22.7 Å². The molecule has 0 saturated carbocycles. The average Bonchev–Trinajstić information content (AvgIpc) is 2.38. The highest BCUT2D eigenvalue weighted by Crippen LogP contribution is 2.27. The molecule has 1 heterocycles. The molecule has 0 spiro atoms. The zero-order valence-electron chi connectivity index (χ0n) is 9.80. The number of primary amides is 1. The Kier molecular flexibility index (Phi) is 4.21. The lowest BCUT2D eigenvalue weighted by molar-refractivity contribution is -0.121. The first kappa shape index (κ1) is 13.3. The predicted octanol–water partition coefficient (Wildman–Crippen LogP) is 0.632. The van der Waals surface area contributed by atoms with Crippen molar-refractivity contribution in [2.75, 3.05) is 24.7 Å². The highest BCUT2D eigenvalue weighted by molar-refractivity contribution is 9.10. The monoisotopic (exact) mass is 314 g/mol. The van der Waals surface area contributed by atoms with Gasteiger partial charge in [0.05, 0.1) is 19.8 Å². The number of halogens is 1. The first-order valence-electron chi connectivity index (χ1n) is 5.66. The van der Waals surface area contributed by atoms with Crippen molar-refractivity contribution in [3.8, 4) is 0 Å². The van der Waals surface area contributed by atoms with Crippen LogP contribution in [0.5, 0.6) is 0 Å². The van der Waals surface area contributed by atoms with Gasteiger partial charge >= 0.3 is 0 Å². The Morgan fingerprint density at radius 1 is 1.61 bits per heavy atom. The molecule has 0 aromatic heterocycles. The van der Waals surface area contributed by atoms with Crippen molar-refractivity contribution >= 4 is 27.5 Å². The van der Waals surface area contributed by atoms with Crippen LogP contribution in [-0.2, 0) is 16.1 Å². The topological polar surface area (TPSA) is 75.8 Å². The number of benzene rings is 1. The molecule has 18 heavy (non-hydrogen) atoms. The summed E-state index contributed by atoms with van der Waals surface area (Å²) < 4.78 is 6.17. The summed E-state index contributed by atoms with van der Waals surface area (Å²) in [6.45, 7) is 1.33. The lowest BCUT2D eigenvalue weighted by atomic mass is 10.1. The third-order valence-corrected chi connectivity index (χ3v) is 3.47. The number of anilines is 1. The molecule has 0 radical (unpaired) electrons. The van der Waals surface area contributed by atoms with Gasteiger partial charge in [-0.25, -0.2) is 0 Å². The molecular formula is C12H15BrN2O3. The largest absolute Gasteiger partial charge is 0.392 e. The number of ether oxygens (including phenoxy) is 1. The number of hydrogen-bond acceptors (Lipinski definition) is 4. The molecule has 6 heteroatoms. The van der Waals surface area contributed by atoms with Gasteiger partial charge in [-0.05, 0) is 18.2 Å². The van der Waals surface area contributed by atoms with Gasteiger partial charge in [0, 0.05) is 22.3 Å². The second-order valence-electron chi connectivity index (χ2n) is 4.12. The zero-order valence-corrected chi connectivity index (χ0v) is 11.4. The van der Waals surface area contributed by atoms with E-state index in [4.69, 9.17) is 10.5 Å². The maximum absolute atomic E-state index is 11.4. The van der Waals surface area contributed by atoms with Crippen molar-refractivity contribution in [1.82, 2.24) is 0 Å². The average molecular weight is 315 g/mol. The summed E-state index contributed by atoms with van der Waals surface area (Å²) in [5.41, 5.74) is 6.97. The molecule has 1 aromatic rings. The van der Waals surface area contributed by atoms with E-state index in [0.29, 0.717) is 13.2 Å². The number of hydrogen-bond donors (Lipinski definition) is 2. The van der Waals surface area contributed by atoms with Crippen LogP contribution < -0.4 is 10.6 Å². The quantitative estimate of drug-likeness (QED) is 0.858. The van der Waals surface area contributed by atoms with Crippen LogP contribution in [0.4, 0.5) is 5.69 Å². The number of morpholine rings is 1. The van der Waals surface area contributed by atoms with Crippen molar-refractivity contribution in [3.05, 3.63) is 28.2 Å². The maximum atomic E-state index is 11.4. The normalized spacial score (nSPS) is 19.9. The number of nitrogens with two attached hydrogens (primary N) is 1. The molecule has 5 nitrogen and oxygen atoms in total.